The molecule has 0 amide bonds. The van der Waals surface area contributed by atoms with Crippen LogP contribution in [0.25, 0.3) is 0 Å². The zero-order valence-electron chi connectivity index (χ0n) is 22.5. The summed E-state index contributed by atoms with van der Waals surface area (Å²) in [7, 11) is 1.76. The molecule has 0 spiro atoms. The summed E-state index contributed by atoms with van der Waals surface area (Å²) < 4.78 is 39.0. The number of pyridine rings is 1. The fourth-order valence-corrected chi connectivity index (χ4v) is 4.22. The van der Waals surface area contributed by atoms with Gasteiger partial charge in [0, 0.05) is 42.7 Å². The molecule has 1 aromatic carbocycles. The Morgan fingerprint density at radius 1 is 1.03 bits per heavy atom. The molecule has 0 radical (unpaired) electrons. The molecule has 0 aliphatic heterocycles. The molecule has 0 aliphatic rings. The first-order chi connectivity index (χ1) is 17.2. The predicted octanol–water partition coefficient (Wildman–Crippen LogP) is 7.95. The quantitative estimate of drug-likeness (QED) is 0.318. The Kier molecular flexibility index (Phi) is 8.73. The predicted molar refractivity (Wildman–Crippen MR) is 145 cm³/mol. The van der Waals surface area contributed by atoms with Gasteiger partial charge in [0.15, 0.2) is 0 Å². The summed E-state index contributed by atoms with van der Waals surface area (Å²) >= 11 is 6.17. The zero-order valence-corrected chi connectivity index (χ0v) is 23.2. The van der Waals surface area contributed by atoms with Gasteiger partial charge in [-0.05, 0) is 42.0 Å². The molecule has 3 aromatic rings. The standard InChI is InChI=1S/C28H35ClF3N5/c1-8-23-21(13-14-37(7)26-22(29)15-19(16-33-26)28(30,31)32)25(36-24(35-23)17(2)3)34-20-11-9-18(10-12-20)27(4,5)6/h9-12,15-17H,8,13-14H2,1-7H3,(H,34,35,36). The molecule has 0 atom stereocenters. The van der Waals surface area contributed by atoms with Crippen molar-refractivity contribution in [2.75, 3.05) is 23.8 Å². The van der Waals surface area contributed by atoms with Crippen molar-refractivity contribution in [3.63, 3.8) is 0 Å². The fraction of sp³-hybridized carbons (Fsp3) is 0.464. The molecular formula is C28H35ClF3N5. The van der Waals surface area contributed by atoms with Gasteiger partial charge in [-0.15, -0.1) is 0 Å². The highest BCUT2D eigenvalue weighted by molar-refractivity contribution is 6.33. The average Bonchev–Trinajstić information content (AvgIpc) is 2.81. The molecule has 1 N–H and O–H groups in total. The van der Waals surface area contributed by atoms with Gasteiger partial charge < -0.3 is 10.2 Å². The highest BCUT2D eigenvalue weighted by Gasteiger charge is 2.32. The number of anilines is 3. The molecular weight excluding hydrogens is 499 g/mol. The Bertz CT molecular complexity index is 1220. The molecule has 200 valence electrons. The molecule has 0 fully saturated rings. The molecule has 2 heterocycles. The maximum atomic E-state index is 13.0. The number of halogens is 4. The van der Waals surface area contributed by atoms with Crippen LogP contribution in [-0.2, 0) is 24.4 Å². The second-order valence-electron chi connectivity index (χ2n) is 10.5. The summed E-state index contributed by atoms with van der Waals surface area (Å²) in [6.07, 6.45) is -2.41. The van der Waals surface area contributed by atoms with Crippen LogP contribution in [0.3, 0.4) is 0 Å². The summed E-state index contributed by atoms with van der Waals surface area (Å²) in [5, 5.41) is 3.44. The van der Waals surface area contributed by atoms with Crippen LogP contribution in [0.2, 0.25) is 5.02 Å². The van der Waals surface area contributed by atoms with E-state index in [1.165, 1.54) is 5.56 Å². The monoisotopic (exact) mass is 533 g/mol. The Hall–Kier alpha value is -2.87. The number of nitrogens with one attached hydrogen (secondary N) is 1. The van der Waals surface area contributed by atoms with E-state index in [1.54, 1.807) is 11.9 Å². The van der Waals surface area contributed by atoms with Crippen LogP contribution in [0, 0.1) is 0 Å². The summed E-state index contributed by atoms with van der Waals surface area (Å²) in [4.78, 5) is 15.4. The van der Waals surface area contributed by atoms with Crippen LogP contribution in [0.4, 0.5) is 30.5 Å². The molecule has 2 aromatic heterocycles. The number of aromatic nitrogens is 3. The SMILES string of the molecule is CCc1nc(C(C)C)nc(Nc2ccc(C(C)(C)C)cc2)c1CCN(C)c1ncc(C(F)(F)F)cc1Cl. The second kappa shape index (κ2) is 11.3. The Labute approximate surface area is 222 Å². The highest BCUT2D eigenvalue weighted by Crippen LogP contribution is 2.34. The van der Waals surface area contributed by atoms with E-state index in [0.717, 1.165) is 47.3 Å². The molecule has 0 bridgehead atoms. The number of hydrogen-bond donors (Lipinski definition) is 1. The number of likely N-dealkylation sites (N-methyl/N-ethyl adjacent to an activating group) is 1. The van der Waals surface area contributed by atoms with Gasteiger partial charge in [-0.2, -0.15) is 13.2 Å². The van der Waals surface area contributed by atoms with Crippen LogP contribution >= 0.6 is 11.6 Å². The molecule has 5 nitrogen and oxygen atoms in total. The van der Waals surface area contributed by atoms with Crippen LogP contribution in [0.15, 0.2) is 36.5 Å². The Morgan fingerprint density at radius 3 is 2.19 bits per heavy atom. The maximum Gasteiger partial charge on any atom is 0.417 e. The van der Waals surface area contributed by atoms with Gasteiger partial charge in [-0.25, -0.2) is 15.0 Å². The van der Waals surface area contributed by atoms with Crippen LogP contribution in [0.1, 0.15) is 75.7 Å². The van der Waals surface area contributed by atoms with E-state index >= 15 is 0 Å². The summed E-state index contributed by atoms with van der Waals surface area (Å²) in [5.41, 5.74) is 3.24. The van der Waals surface area contributed by atoms with Crippen molar-refractivity contribution >= 4 is 28.9 Å². The lowest BCUT2D eigenvalue weighted by Gasteiger charge is -2.23. The summed E-state index contributed by atoms with van der Waals surface area (Å²) in [6, 6.07) is 9.22. The molecule has 0 saturated heterocycles. The first-order valence-corrected chi connectivity index (χ1v) is 12.8. The average molecular weight is 534 g/mol. The van der Waals surface area contributed by atoms with Gasteiger partial charge >= 0.3 is 6.18 Å². The first-order valence-electron chi connectivity index (χ1n) is 12.4. The molecule has 0 saturated carbocycles. The number of benzene rings is 1. The fourth-order valence-electron chi connectivity index (χ4n) is 3.91. The van der Waals surface area contributed by atoms with E-state index in [2.05, 4.69) is 64.0 Å². The molecule has 9 heteroatoms. The summed E-state index contributed by atoms with van der Waals surface area (Å²) in [6.45, 7) is 13.2. The van der Waals surface area contributed by atoms with Crippen molar-refractivity contribution in [1.29, 1.82) is 0 Å². The van der Waals surface area contributed by atoms with Gasteiger partial charge in [0.2, 0.25) is 0 Å². The topological polar surface area (TPSA) is 53.9 Å². The lowest BCUT2D eigenvalue weighted by Crippen LogP contribution is -2.23. The van der Waals surface area contributed by atoms with E-state index in [9.17, 15) is 13.2 Å². The van der Waals surface area contributed by atoms with Crippen LogP contribution in [0.5, 0.6) is 0 Å². The third-order valence-electron chi connectivity index (χ3n) is 6.18. The summed E-state index contributed by atoms with van der Waals surface area (Å²) in [5.74, 6) is 1.94. The number of nitrogens with zero attached hydrogens (tertiary/aromatic N) is 4. The van der Waals surface area contributed by atoms with Crippen molar-refractivity contribution in [3.8, 4) is 0 Å². The van der Waals surface area contributed by atoms with Gasteiger partial charge in [0.05, 0.1) is 10.6 Å². The number of hydrogen-bond acceptors (Lipinski definition) is 5. The third kappa shape index (κ3) is 7.12. The maximum absolute atomic E-state index is 13.0. The lowest BCUT2D eigenvalue weighted by molar-refractivity contribution is -0.137. The van der Waals surface area contributed by atoms with Gasteiger partial charge in [-0.3, -0.25) is 0 Å². The van der Waals surface area contributed by atoms with Crippen molar-refractivity contribution in [2.24, 2.45) is 0 Å². The van der Waals surface area contributed by atoms with Crippen molar-refractivity contribution in [1.82, 2.24) is 15.0 Å². The Morgan fingerprint density at radius 2 is 1.68 bits per heavy atom. The Balaban J connectivity index is 1.90. The number of aryl methyl sites for hydroxylation is 1. The minimum Gasteiger partial charge on any atom is -0.358 e. The molecule has 37 heavy (non-hydrogen) atoms. The number of rotatable bonds is 8. The molecule has 3 rings (SSSR count). The minimum atomic E-state index is -4.50. The normalized spacial score (nSPS) is 12.2. The van der Waals surface area contributed by atoms with E-state index in [0.29, 0.717) is 18.8 Å². The van der Waals surface area contributed by atoms with Gasteiger partial charge in [0.1, 0.15) is 17.5 Å². The van der Waals surface area contributed by atoms with Crippen molar-refractivity contribution < 1.29 is 13.2 Å². The van der Waals surface area contributed by atoms with Crippen LogP contribution < -0.4 is 10.2 Å². The smallest absolute Gasteiger partial charge is 0.358 e. The van der Waals surface area contributed by atoms with E-state index in [-0.39, 0.29) is 16.4 Å². The molecule has 0 aliphatic carbocycles. The third-order valence-corrected chi connectivity index (χ3v) is 6.46. The van der Waals surface area contributed by atoms with Gasteiger partial charge in [0.25, 0.3) is 0 Å². The largest absolute Gasteiger partial charge is 0.417 e. The second-order valence-corrected chi connectivity index (χ2v) is 10.9. The zero-order chi connectivity index (χ0) is 27.5. The van der Waals surface area contributed by atoms with Gasteiger partial charge in [-0.1, -0.05) is 65.3 Å². The van der Waals surface area contributed by atoms with Crippen LogP contribution in [-0.4, -0.2) is 28.5 Å². The highest BCUT2D eigenvalue weighted by atomic mass is 35.5. The minimum absolute atomic E-state index is 0.0447. The van der Waals surface area contributed by atoms with E-state index < -0.39 is 11.7 Å². The van der Waals surface area contributed by atoms with E-state index in [1.807, 2.05) is 12.1 Å². The molecule has 0 unspecified atom stereocenters. The lowest BCUT2D eigenvalue weighted by atomic mass is 9.87. The van der Waals surface area contributed by atoms with Crippen molar-refractivity contribution in [3.05, 3.63) is 69.8 Å². The first kappa shape index (κ1) is 28.7. The van der Waals surface area contributed by atoms with Crippen molar-refractivity contribution in [2.45, 2.75) is 71.9 Å². The van der Waals surface area contributed by atoms with E-state index in [4.69, 9.17) is 21.6 Å². The number of alkyl halides is 3.